The van der Waals surface area contributed by atoms with E-state index in [1.54, 1.807) is 0 Å². The van der Waals surface area contributed by atoms with Crippen LogP contribution in [-0.2, 0) is 5.41 Å². The summed E-state index contributed by atoms with van der Waals surface area (Å²) in [4.78, 5) is 2.59. The molecule has 4 aromatic rings. The average molecular weight is 528 g/mol. The first-order valence-corrected chi connectivity index (χ1v) is 15.3. The molecule has 1 unspecified atom stereocenters. The fourth-order valence-corrected chi connectivity index (χ4v) is 6.81. The van der Waals surface area contributed by atoms with Gasteiger partial charge in [0, 0.05) is 47.5 Å². The molecule has 2 heterocycles. The van der Waals surface area contributed by atoms with Gasteiger partial charge in [0.15, 0.2) is 5.71 Å². The summed E-state index contributed by atoms with van der Waals surface area (Å²) in [6, 6.07) is 27.2. The number of hydrogen-bond acceptors (Lipinski definition) is 1. The topological polar surface area (TPSA) is 6.25 Å². The molecule has 6 rings (SSSR count). The largest absolute Gasteiger partial charge is 0.344 e. The third-order valence-corrected chi connectivity index (χ3v) is 9.16. The van der Waals surface area contributed by atoms with Gasteiger partial charge in [0.2, 0.25) is 5.69 Å². The highest BCUT2D eigenvalue weighted by molar-refractivity contribution is 6.02. The summed E-state index contributed by atoms with van der Waals surface area (Å²) in [5, 5.41) is 5.31. The Morgan fingerprint density at radius 1 is 0.825 bits per heavy atom. The molecule has 0 fully saturated rings. The van der Waals surface area contributed by atoms with Crippen molar-refractivity contribution in [2.45, 2.75) is 71.6 Å². The monoisotopic (exact) mass is 527 g/mol. The Kier molecular flexibility index (Phi) is 7.13. The highest BCUT2D eigenvalue weighted by Crippen LogP contribution is 2.49. The van der Waals surface area contributed by atoms with Gasteiger partial charge in [-0.05, 0) is 64.7 Å². The zero-order valence-electron chi connectivity index (χ0n) is 24.9. The normalized spacial score (nSPS) is 19.0. The van der Waals surface area contributed by atoms with E-state index in [0.29, 0.717) is 5.92 Å². The fraction of sp³-hybridized carbons (Fsp3) is 0.342. The van der Waals surface area contributed by atoms with Crippen LogP contribution in [0.4, 0.5) is 11.4 Å². The van der Waals surface area contributed by atoms with E-state index in [2.05, 4.69) is 135 Å². The number of nitrogens with zero attached hydrogens (tertiary/aromatic N) is 2. The van der Waals surface area contributed by atoms with Gasteiger partial charge in [-0.15, -0.1) is 0 Å². The standard InChI is InChI=1S/C38H43N2/c1-6-8-21-39-34(27(3)32-23-28-15-10-12-17-30(28)25-35(32)39)19-14-20-37-38(4,5)33-24-29-16-11-13-18-31(29)26-36(33)40(37)22-9-7-2/h10-20,23-27H,6-9,21-22H2,1-5H3/q+1. The molecule has 0 radical (unpaired) electrons. The maximum atomic E-state index is 2.59. The summed E-state index contributed by atoms with van der Waals surface area (Å²) < 4.78 is 2.58. The Balaban J connectivity index is 1.41. The third kappa shape index (κ3) is 4.48. The SMILES string of the molecule is CCCCN1C(=CC=CC2=[N+](CCCC)c3cc4ccccc4cc3C2C)C(C)(C)c2cc3ccccc3cc21. The predicted molar refractivity (Wildman–Crippen MR) is 174 cm³/mol. The van der Waals surface area contributed by atoms with Crippen LogP contribution in [0.5, 0.6) is 0 Å². The zero-order chi connectivity index (χ0) is 27.9. The zero-order valence-corrected chi connectivity index (χ0v) is 24.9. The van der Waals surface area contributed by atoms with Crippen LogP contribution in [0.3, 0.4) is 0 Å². The molecular weight excluding hydrogens is 484 g/mol. The van der Waals surface area contributed by atoms with Crippen molar-refractivity contribution < 1.29 is 4.58 Å². The molecule has 1 atom stereocenters. The lowest BCUT2D eigenvalue weighted by Crippen LogP contribution is -2.27. The first kappa shape index (κ1) is 26.6. The predicted octanol–water partition coefficient (Wildman–Crippen LogP) is 10.0. The van der Waals surface area contributed by atoms with Crippen molar-refractivity contribution in [1.29, 1.82) is 0 Å². The van der Waals surface area contributed by atoms with E-state index < -0.39 is 0 Å². The Morgan fingerprint density at radius 2 is 1.45 bits per heavy atom. The Bertz CT molecular complexity index is 1670. The van der Waals surface area contributed by atoms with E-state index in [4.69, 9.17) is 0 Å². The first-order chi connectivity index (χ1) is 19.4. The molecule has 0 aromatic heterocycles. The lowest BCUT2D eigenvalue weighted by atomic mass is 9.83. The maximum Gasteiger partial charge on any atom is 0.210 e. The summed E-state index contributed by atoms with van der Waals surface area (Å²) in [7, 11) is 0. The molecule has 0 saturated carbocycles. The molecule has 0 amide bonds. The van der Waals surface area contributed by atoms with E-state index in [0.717, 1.165) is 13.1 Å². The van der Waals surface area contributed by atoms with Gasteiger partial charge in [-0.1, -0.05) is 95.1 Å². The van der Waals surface area contributed by atoms with Crippen molar-refractivity contribution in [2.75, 3.05) is 18.0 Å². The maximum absolute atomic E-state index is 2.59. The molecule has 0 bridgehead atoms. The van der Waals surface area contributed by atoms with Gasteiger partial charge in [-0.25, -0.2) is 0 Å². The van der Waals surface area contributed by atoms with Gasteiger partial charge < -0.3 is 4.90 Å². The van der Waals surface area contributed by atoms with Crippen LogP contribution < -0.4 is 4.90 Å². The van der Waals surface area contributed by atoms with Gasteiger partial charge in [-0.3, -0.25) is 0 Å². The van der Waals surface area contributed by atoms with Crippen LogP contribution in [0.1, 0.15) is 77.3 Å². The lowest BCUT2D eigenvalue weighted by Gasteiger charge is -2.27. The lowest BCUT2D eigenvalue weighted by molar-refractivity contribution is -0.437. The van der Waals surface area contributed by atoms with E-state index in [1.165, 1.54) is 81.1 Å². The number of anilines is 1. The first-order valence-electron chi connectivity index (χ1n) is 15.3. The molecule has 2 aliphatic rings. The van der Waals surface area contributed by atoms with Crippen LogP contribution in [0.15, 0.2) is 96.7 Å². The minimum atomic E-state index is -0.0496. The van der Waals surface area contributed by atoms with E-state index >= 15 is 0 Å². The molecule has 0 saturated heterocycles. The minimum Gasteiger partial charge on any atom is -0.344 e. The van der Waals surface area contributed by atoms with Crippen molar-refractivity contribution in [3.05, 3.63) is 108 Å². The van der Waals surface area contributed by atoms with Crippen molar-refractivity contribution >= 4 is 38.6 Å². The smallest absolute Gasteiger partial charge is 0.210 e. The van der Waals surface area contributed by atoms with Crippen molar-refractivity contribution in [3.63, 3.8) is 0 Å². The second-order valence-electron chi connectivity index (χ2n) is 12.2. The van der Waals surface area contributed by atoms with Gasteiger partial charge in [-0.2, -0.15) is 4.58 Å². The number of rotatable bonds is 8. The number of benzene rings is 4. The molecular formula is C38H43N2+. The summed E-state index contributed by atoms with van der Waals surface area (Å²) in [6.45, 7) is 13.9. The van der Waals surface area contributed by atoms with Crippen LogP contribution in [0.25, 0.3) is 21.5 Å². The molecule has 0 aliphatic carbocycles. The molecule has 2 aliphatic heterocycles. The Labute approximate surface area is 240 Å². The van der Waals surface area contributed by atoms with Crippen molar-refractivity contribution in [2.24, 2.45) is 0 Å². The highest BCUT2D eigenvalue weighted by Gasteiger charge is 2.40. The van der Waals surface area contributed by atoms with Crippen molar-refractivity contribution in [1.82, 2.24) is 0 Å². The van der Waals surface area contributed by atoms with Gasteiger partial charge in [0.1, 0.15) is 6.54 Å². The Hall–Kier alpha value is -3.65. The van der Waals surface area contributed by atoms with Crippen LogP contribution in [0, 0.1) is 0 Å². The van der Waals surface area contributed by atoms with Crippen LogP contribution in [-0.4, -0.2) is 23.4 Å². The number of allylic oxidation sites excluding steroid dienone is 4. The van der Waals surface area contributed by atoms with Gasteiger partial charge in [0.05, 0.1) is 5.92 Å². The quantitative estimate of drug-likeness (QED) is 0.207. The third-order valence-electron chi connectivity index (χ3n) is 9.16. The van der Waals surface area contributed by atoms with E-state index in [-0.39, 0.29) is 5.41 Å². The fourth-order valence-electron chi connectivity index (χ4n) is 6.81. The molecule has 40 heavy (non-hydrogen) atoms. The summed E-state index contributed by atoms with van der Waals surface area (Å²) in [6.07, 6.45) is 11.9. The summed E-state index contributed by atoms with van der Waals surface area (Å²) in [5.41, 5.74) is 8.41. The minimum absolute atomic E-state index is 0.0496. The molecule has 204 valence electrons. The summed E-state index contributed by atoms with van der Waals surface area (Å²) >= 11 is 0. The average Bonchev–Trinajstić information content (AvgIpc) is 3.33. The number of unbranched alkanes of at least 4 members (excludes halogenated alkanes) is 2. The van der Waals surface area contributed by atoms with E-state index in [9.17, 15) is 0 Å². The van der Waals surface area contributed by atoms with Gasteiger partial charge >= 0.3 is 0 Å². The molecule has 4 aromatic carbocycles. The highest BCUT2D eigenvalue weighted by atomic mass is 15.2. The molecule has 0 spiro atoms. The second-order valence-corrected chi connectivity index (χ2v) is 12.2. The molecule has 0 N–H and O–H groups in total. The summed E-state index contributed by atoms with van der Waals surface area (Å²) in [5.74, 6) is 0.376. The van der Waals surface area contributed by atoms with Crippen LogP contribution in [0.2, 0.25) is 0 Å². The Morgan fingerprint density at radius 3 is 2.12 bits per heavy atom. The van der Waals surface area contributed by atoms with Crippen LogP contribution >= 0.6 is 0 Å². The number of fused-ring (bicyclic) bond motifs is 4. The molecule has 2 heteroatoms. The second kappa shape index (κ2) is 10.7. The molecule has 2 nitrogen and oxygen atoms in total. The van der Waals surface area contributed by atoms with Crippen molar-refractivity contribution in [3.8, 4) is 0 Å². The number of hydrogen-bond donors (Lipinski definition) is 0. The van der Waals surface area contributed by atoms with E-state index in [1.807, 2.05) is 0 Å². The van der Waals surface area contributed by atoms with Gasteiger partial charge in [0.25, 0.3) is 0 Å².